The quantitative estimate of drug-likeness (QED) is 0.164. The molecular weight excluding hydrogens is 519 g/mol. The monoisotopic (exact) mass is 531 g/mol. The molecule has 0 radical (unpaired) electrons. The number of carbonyl (C=O) groups excluding carboxylic acids is 1. The van der Waals surface area contributed by atoms with E-state index in [1.165, 1.54) is 30.3 Å². The van der Waals surface area contributed by atoms with Gasteiger partial charge in [-0.1, -0.05) is 34.1 Å². The molecule has 0 aliphatic rings. The zero-order valence-electron chi connectivity index (χ0n) is 17.0. The lowest BCUT2D eigenvalue weighted by Gasteiger charge is -2.10. The lowest BCUT2D eigenvalue weighted by atomic mass is 10.1. The number of nitrogens with zero attached hydrogens (tertiary/aromatic N) is 2. The number of nitro benzene ring substituents is 1. The van der Waals surface area contributed by atoms with Crippen molar-refractivity contribution >= 4 is 39.3 Å². The summed E-state index contributed by atoms with van der Waals surface area (Å²) in [6.45, 7) is 0. The zero-order chi connectivity index (χ0) is 24.9. The van der Waals surface area contributed by atoms with Gasteiger partial charge in [-0.3, -0.25) is 14.9 Å². The molecule has 0 atom stereocenters. The van der Waals surface area contributed by atoms with Gasteiger partial charge >= 0.3 is 11.9 Å². The summed E-state index contributed by atoms with van der Waals surface area (Å²) in [5.41, 5.74) is -1.24. The maximum absolute atomic E-state index is 12.8. The fourth-order valence-electron chi connectivity index (χ4n) is 2.76. The molecule has 3 rings (SSSR count). The van der Waals surface area contributed by atoms with Crippen molar-refractivity contribution in [3.63, 3.8) is 0 Å². The fraction of sp³-hybridized carbons (Fsp3) is 0.0435. The molecule has 1 N–H and O–H groups in total. The number of nitriles is 1. The highest BCUT2D eigenvalue weighted by atomic mass is 79.9. The minimum atomic E-state index is -4.74. The van der Waals surface area contributed by atoms with Gasteiger partial charge in [0.15, 0.2) is 0 Å². The first-order chi connectivity index (χ1) is 16.1. The molecule has 0 spiro atoms. The molecule has 0 bridgehead atoms. The van der Waals surface area contributed by atoms with Gasteiger partial charge in [-0.25, -0.2) is 0 Å². The Labute approximate surface area is 199 Å². The summed E-state index contributed by atoms with van der Waals surface area (Å²) in [6.07, 6.45) is -3.41. The number of rotatable bonds is 6. The number of nitrogens with one attached hydrogen (secondary N) is 1. The molecule has 0 heterocycles. The van der Waals surface area contributed by atoms with Crippen LogP contribution in [0.3, 0.4) is 0 Å². The standard InChI is InChI=1S/C23H13BrF3N3O4/c24-17-2-1-3-18(12-17)29-22(31)15(13-28)10-14-4-7-19(8-5-14)34-21-9-6-16(23(25,26)27)11-20(21)30(32)33/h1-12H,(H,29,31)/b15-10-. The Balaban J connectivity index is 1.78. The number of anilines is 1. The van der Waals surface area contributed by atoms with E-state index in [-0.39, 0.29) is 17.1 Å². The molecule has 0 aliphatic carbocycles. The highest BCUT2D eigenvalue weighted by molar-refractivity contribution is 9.10. The molecule has 3 aromatic rings. The average Bonchev–Trinajstić information content (AvgIpc) is 2.77. The van der Waals surface area contributed by atoms with Gasteiger partial charge in [-0.15, -0.1) is 0 Å². The first-order valence-electron chi connectivity index (χ1n) is 9.39. The van der Waals surface area contributed by atoms with Crippen LogP contribution in [0.1, 0.15) is 11.1 Å². The first kappa shape index (κ1) is 24.5. The molecule has 0 aromatic heterocycles. The molecule has 0 aliphatic heterocycles. The molecule has 0 unspecified atom stereocenters. The van der Waals surface area contributed by atoms with Crippen LogP contribution in [0, 0.1) is 21.4 Å². The van der Waals surface area contributed by atoms with Gasteiger partial charge < -0.3 is 10.1 Å². The van der Waals surface area contributed by atoms with Crippen molar-refractivity contribution < 1.29 is 27.6 Å². The molecule has 1 amide bonds. The Morgan fingerprint density at radius 3 is 2.41 bits per heavy atom. The van der Waals surface area contributed by atoms with Crippen LogP contribution in [0.15, 0.2) is 76.8 Å². The molecule has 0 saturated heterocycles. The third-order valence-corrected chi connectivity index (χ3v) is 4.84. The van der Waals surface area contributed by atoms with Gasteiger partial charge in [-0.05, 0) is 54.1 Å². The normalized spacial score (nSPS) is 11.4. The summed E-state index contributed by atoms with van der Waals surface area (Å²) in [5, 5.41) is 23.1. The van der Waals surface area contributed by atoms with Gasteiger partial charge in [0.25, 0.3) is 5.91 Å². The Morgan fingerprint density at radius 1 is 1.12 bits per heavy atom. The third-order valence-electron chi connectivity index (χ3n) is 4.35. The summed E-state index contributed by atoms with van der Waals surface area (Å²) in [6, 6.07) is 16.3. The van der Waals surface area contributed by atoms with Crippen molar-refractivity contribution in [2.45, 2.75) is 6.18 Å². The second-order valence-electron chi connectivity index (χ2n) is 6.74. The molecule has 34 heavy (non-hydrogen) atoms. The van der Waals surface area contributed by atoms with Crippen molar-refractivity contribution in [1.29, 1.82) is 5.26 Å². The number of benzene rings is 3. The van der Waals surface area contributed by atoms with E-state index in [0.717, 1.165) is 10.5 Å². The summed E-state index contributed by atoms with van der Waals surface area (Å²) in [5.74, 6) is -0.884. The minimum absolute atomic E-state index is 0.108. The number of amides is 1. The molecule has 0 saturated carbocycles. The highest BCUT2D eigenvalue weighted by Gasteiger charge is 2.33. The Bertz CT molecular complexity index is 1320. The maximum Gasteiger partial charge on any atom is 0.416 e. The molecule has 3 aromatic carbocycles. The number of alkyl halides is 3. The van der Waals surface area contributed by atoms with Gasteiger partial charge in [-0.2, -0.15) is 18.4 Å². The summed E-state index contributed by atoms with van der Waals surface area (Å²) < 4.78 is 44.7. The molecular formula is C23H13BrF3N3O4. The van der Waals surface area contributed by atoms with E-state index in [1.54, 1.807) is 24.3 Å². The van der Waals surface area contributed by atoms with Crippen LogP contribution in [-0.4, -0.2) is 10.8 Å². The van der Waals surface area contributed by atoms with Gasteiger partial charge in [0.05, 0.1) is 10.5 Å². The second-order valence-corrected chi connectivity index (χ2v) is 7.66. The SMILES string of the molecule is N#C/C(=C/c1ccc(Oc2ccc(C(F)(F)F)cc2[N+](=O)[O-])cc1)C(=O)Nc1cccc(Br)c1. The number of ether oxygens (including phenoxy) is 1. The van der Waals surface area contributed by atoms with Gasteiger partial charge in [0, 0.05) is 16.2 Å². The van der Waals surface area contributed by atoms with E-state index in [0.29, 0.717) is 23.4 Å². The third kappa shape index (κ3) is 6.20. The second kappa shape index (κ2) is 10.2. The summed E-state index contributed by atoms with van der Waals surface area (Å²) in [7, 11) is 0. The summed E-state index contributed by atoms with van der Waals surface area (Å²) in [4.78, 5) is 22.6. The lowest BCUT2D eigenvalue weighted by molar-refractivity contribution is -0.385. The smallest absolute Gasteiger partial charge is 0.416 e. The van der Waals surface area contributed by atoms with E-state index < -0.39 is 28.3 Å². The van der Waals surface area contributed by atoms with Crippen LogP contribution >= 0.6 is 15.9 Å². The van der Waals surface area contributed by atoms with Crippen LogP contribution in [0.25, 0.3) is 6.08 Å². The van der Waals surface area contributed by atoms with Crippen LogP contribution in [-0.2, 0) is 11.0 Å². The largest absolute Gasteiger partial charge is 0.450 e. The summed E-state index contributed by atoms with van der Waals surface area (Å²) >= 11 is 3.28. The van der Waals surface area contributed by atoms with Crippen LogP contribution in [0.4, 0.5) is 24.5 Å². The van der Waals surface area contributed by atoms with Crippen molar-refractivity contribution in [3.8, 4) is 17.6 Å². The topological polar surface area (TPSA) is 105 Å². The Hall–Kier alpha value is -4.17. The Morgan fingerprint density at radius 2 is 1.82 bits per heavy atom. The van der Waals surface area contributed by atoms with E-state index in [1.807, 2.05) is 6.07 Å². The number of hydrogen-bond donors (Lipinski definition) is 1. The van der Waals surface area contributed by atoms with E-state index in [2.05, 4.69) is 21.2 Å². The van der Waals surface area contributed by atoms with E-state index in [9.17, 15) is 33.3 Å². The molecule has 172 valence electrons. The van der Waals surface area contributed by atoms with Crippen molar-refractivity contribution in [1.82, 2.24) is 0 Å². The lowest BCUT2D eigenvalue weighted by Crippen LogP contribution is -2.13. The fourth-order valence-corrected chi connectivity index (χ4v) is 3.16. The zero-order valence-corrected chi connectivity index (χ0v) is 18.6. The van der Waals surface area contributed by atoms with Crippen LogP contribution < -0.4 is 10.1 Å². The van der Waals surface area contributed by atoms with Crippen molar-refractivity contribution in [3.05, 3.63) is 98.0 Å². The predicted molar refractivity (Wildman–Crippen MR) is 121 cm³/mol. The number of nitro groups is 1. The Kier molecular flexibility index (Phi) is 7.33. The number of carbonyl (C=O) groups is 1. The van der Waals surface area contributed by atoms with Gasteiger partial charge in [0.2, 0.25) is 5.75 Å². The minimum Gasteiger partial charge on any atom is -0.450 e. The van der Waals surface area contributed by atoms with Crippen molar-refractivity contribution in [2.24, 2.45) is 0 Å². The first-order valence-corrected chi connectivity index (χ1v) is 10.2. The van der Waals surface area contributed by atoms with E-state index >= 15 is 0 Å². The average molecular weight is 532 g/mol. The molecule has 7 nitrogen and oxygen atoms in total. The number of halogens is 4. The van der Waals surface area contributed by atoms with E-state index in [4.69, 9.17) is 4.74 Å². The van der Waals surface area contributed by atoms with Crippen molar-refractivity contribution in [2.75, 3.05) is 5.32 Å². The highest BCUT2D eigenvalue weighted by Crippen LogP contribution is 2.37. The molecule has 11 heteroatoms. The number of hydrogen-bond acceptors (Lipinski definition) is 5. The predicted octanol–water partition coefficient (Wildman–Crippen LogP) is 6.71. The maximum atomic E-state index is 12.8. The molecule has 0 fully saturated rings. The van der Waals surface area contributed by atoms with Crippen LogP contribution in [0.2, 0.25) is 0 Å². The van der Waals surface area contributed by atoms with Crippen LogP contribution in [0.5, 0.6) is 11.5 Å². The van der Waals surface area contributed by atoms with Gasteiger partial charge in [0.1, 0.15) is 17.4 Å².